The molecule has 4 heteroatoms. The fourth-order valence-corrected chi connectivity index (χ4v) is 2.45. The van der Waals surface area contributed by atoms with Crippen molar-refractivity contribution in [3.05, 3.63) is 28.8 Å². The van der Waals surface area contributed by atoms with Gasteiger partial charge in [-0.25, -0.2) is 0 Å². The van der Waals surface area contributed by atoms with E-state index < -0.39 is 6.10 Å². The van der Waals surface area contributed by atoms with Crippen molar-refractivity contribution < 1.29 is 10.2 Å². The van der Waals surface area contributed by atoms with E-state index in [4.69, 9.17) is 5.73 Å². The van der Waals surface area contributed by atoms with Crippen molar-refractivity contribution in [3.63, 3.8) is 0 Å². The Morgan fingerprint density at radius 2 is 1.72 bits per heavy atom. The van der Waals surface area contributed by atoms with Crippen molar-refractivity contribution >= 4 is 12.4 Å². The quantitative estimate of drug-likeness (QED) is 0.792. The van der Waals surface area contributed by atoms with Gasteiger partial charge >= 0.3 is 0 Å². The van der Waals surface area contributed by atoms with Gasteiger partial charge in [-0.2, -0.15) is 0 Å². The van der Waals surface area contributed by atoms with Crippen LogP contribution in [0.15, 0.2) is 12.1 Å². The topological polar surface area (TPSA) is 66.5 Å². The van der Waals surface area contributed by atoms with Gasteiger partial charge in [0, 0.05) is 0 Å². The summed E-state index contributed by atoms with van der Waals surface area (Å²) in [4.78, 5) is 0. The second-order valence-corrected chi connectivity index (χ2v) is 5.21. The smallest absolute Gasteiger partial charge is 0.121 e. The number of rotatable bonds is 3. The van der Waals surface area contributed by atoms with Gasteiger partial charge in [0.05, 0.1) is 12.1 Å². The lowest BCUT2D eigenvalue weighted by Gasteiger charge is -2.34. The monoisotopic (exact) mass is 271 g/mol. The standard InChI is InChI=1S/C14H21NO2.ClH/c1-8-6-11(7-9(2)13(8)16)12(15)14(17)10-4-3-5-10;/h6-7,10,12,14,16-17H,3-5,15H2,1-2H3;1H/t12-,14+;/m1./s1. The zero-order chi connectivity index (χ0) is 12.6. The predicted octanol–water partition coefficient (Wildman–Crippen LogP) is 2.59. The van der Waals surface area contributed by atoms with Gasteiger partial charge in [0.2, 0.25) is 0 Å². The van der Waals surface area contributed by atoms with Gasteiger partial charge in [-0.15, -0.1) is 12.4 Å². The van der Waals surface area contributed by atoms with Gasteiger partial charge in [-0.05, 0) is 49.3 Å². The third kappa shape index (κ3) is 2.79. The Labute approximate surface area is 114 Å². The lowest BCUT2D eigenvalue weighted by Crippen LogP contribution is -2.36. The van der Waals surface area contributed by atoms with E-state index in [9.17, 15) is 10.2 Å². The van der Waals surface area contributed by atoms with Gasteiger partial charge in [0.1, 0.15) is 5.75 Å². The highest BCUT2D eigenvalue weighted by molar-refractivity contribution is 5.85. The highest BCUT2D eigenvalue weighted by atomic mass is 35.5. The molecule has 0 saturated heterocycles. The molecule has 4 N–H and O–H groups in total. The number of aliphatic hydroxyl groups excluding tert-OH is 1. The number of nitrogens with two attached hydrogens (primary N) is 1. The Kier molecular flexibility index (Phi) is 5.02. The summed E-state index contributed by atoms with van der Waals surface area (Å²) in [5.74, 6) is 0.665. The first kappa shape index (κ1) is 15.3. The molecule has 0 aliphatic heterocycles. The largest absolute Gasteiger partial charge is 0.507 e. The molecule has 102 valence electrons. The minimum absolute atomic E-state index is 0. The maximum atomic E-state index is 10.2. The first-order chi connectivity index (χ1) is 8.00. The van der Waals surface area contributed by atoms with Gasteiger partial charge in [-0.3, -0.25) is 0 Å². The number of benzene rings is 1. The molecule has 0 spiro atoms. The van der Waals surface area contributed by atoms with E-state index >= 15 is 0 Å². The van der Waals surface area contributed by atoms with Crippen LogP contribution in [0.25, 0.3) is 0 Å². The normalized spacial score (nSPS) is 18.7. The number of aromatic hydroxyl groups is 1. The Bertz CT molecular complexity index is 395. The molecule has 0 amide bonds. The van der Waals surface area contributed by atoms with Crippen molar-refractivity contribution in [3.8, 4) is 5.75 Å². The van der Waals surface area contributed by atoms with Crippen molar-refractivity contribution in [1.82, 2.24) is 0 Å². The molecule has 2 atom stereocenters. The maximum absolute atomic E-state index is 10.2. The summed E-state index contributed by atoms with van der Waals surface area (Å²) >= 11 is 0. The van der Waals surface area contributed by atoms with Crippen LogP contribution in [0.2, 0.25) is 0 Å². The van der Waals surface area contributed by atoms with E-state index in [-0.39, 0.29) is 18.4 Å². The van der Waals surface area contributed by atoms with E-state index in [0.717, 1.165) is 29.5 Å². The van der Waals surface area contributed by atoms with Crippen LogP contribution in [0, 0.1) is 19.8 Å². The second-order valence-electron chi connectivity index (χ2n) is 5.21. The third-order valence-electron chi connectivity index (χ3n) is 3.90. The molecule has 0 aromatic heterocycles. The van der Waals surface area contributed by atoms with E-state index in [0.29, 0.717) is 11.7 Å². The lowest BCUT2D eigenvalue weighted by molar-refractivity contribution is 0.0413. The molecule has 0 heterocycles. The first-order valence-corrected chi connectivity index (χ1v) is 6.24. The fourth-order valence-electron chi connectivity index (χ4n) is 2.45. The third-order valence-corrected chi connectivity index (χ3v) is 3.90. The average Bonchev–Trinajstić information content (AvgIpc) is 2.21. The van der Waals surface area contributed by atoms with Crippen molar-refractivity contribution in [2.45, 2.75) is 45.3 Å². The molecule has 1 aromatic carbocycles. The van der Waals surface area contributed by atoms with Gasteiger partial charge in [0.15, 0.2) is 0 Å². The van der Waals surface area contributed by atoms with Crippen molar-refractivity contribution in [2.24, 2.45) is 11.7 Å². The van der Waals surface area contributed by atoms with Gasteiger partial charge < -0.3 is 15.9 Å². The Hall–Kier alpha value is -0.770. The number of hydrogen-bond donors (Lipinski definition) is 3. The molecule has 0 radical (unpaired) electrons. The summed E-state index contributed by atoms with van der Waals surface area (Å²) in [5.41, 5.74) is 8.65. The average molecular weight is 272 g/mol. The van der Waals surface area contributed by atoms with E-state index in [1.54, 1.807) is 0 Å². The summed E-state index contributed by atoms with van der Waals surface area (Å²) in [6.45, 7) is 3.71. The molecule has 1 aliphatic carbocycles. The molecule has 0 unspecified atom stereocenters. The Morgan fingerprint density at radius 1 is 1.22 bits per heavy atom. The number of phenols is 1. The summed E-state index contributed by atoms with van der Waals surface area (Å²) in [6.07, 6.45) is 2.88. The van der Waals surface area contributed by atoms with Gasteiger partial charge in [-0.1, -0.05) is 18.6 Å². The van der Waals surface area contributed by atoms with Crippen LogP contribution in [0.4, 0.5) is 0 Å². The molecular formula is C14H22ClNO2. The number of hydrogen-bond acceptors (Lipinski definition) is 3. The molecule has 3 nitrogen and oxygen atoms in total. The SMILES string of the molecule is Cc1cc([C@@H](N)[C@@H](O)C2CCC2)cc(C)c1O.Cl. The zero-order valence-electron chi connectivity index (χ0n) is 10.9. The molecule has 18 heavy (non-hydrogen) atoms. The molecule has 2 rings (SSSR count). The number of halogens is 1. The highest BCUT2D eigenvalue weighted by Crippen LogP contribution is 2.35. The second kappa shape index (κ2) is 5.91. The van der Waals surface area contributed by atoms with Gasteiger partial charge in [0.25, 0.3) is 0 Å². The molecular weight excluding hydrogens is 250 g/mol. The molecule has 1 aromatic rings. The lowest BCUT2D eigenvalue weighted by atomic mass is 9.77. The van der Waals surface area contributed by atoms with Crippen LogP contribution in [-0.2, 0) is 0 Å². The van der Waals surface area contributed by atoms with Crippen LogP contribution in [-0.4, -0.2) is 16.3 Å². The van der Waals surface area contributed by atoms with E-state index in [2.05, 4.69) is 0 Å². The summed E-state index contributed by atoms with van der Waals surface area (Å²) in [5, 5.41) is 19.9. The predicted molar refractivity (Wildman–Crippen MR) is 75.1 cm³/mol. The molecule has 1 saturated carbocycles. The Morgan fingerprint density at radius 3 is 2.11 bits per heavy atom. The number of aliphatic hydroxyl groups is 1. The molecule has 1 aliphatic rings. The van der Waals surface area contributed by atoms with E-state index in [1.807, 2.05) is 26.0 Å². The minimum atomic E-state index is -0.466. The van der Waals surface area contributed by atoms with E-state index in [1.165, 1.54) is 6.42 Å². The van der Waals surface area contributed by atoms with Crippen LogP contribution in [0.1, 0.15) is 42.0 Å². The molecule has 0 bridgehead atoms. The summed E-state index contributed by atoms with van der Waals surface area (Å²) in [7, 11) is 0. The van der Waals surface area contributed by atoms with Crippen LogP contribution in [0.5, 0.6) is 5.75 Å². The maximum Gasteiger partial charge on any atom is 0.121 e. The zero-order valence-corrected chi connectivity index (χ0v) is 11.7. The van der Waals surface area contributed by atoms with Crippen LogP contribution < -0.4 is 5.73 Å². The first-order valence-electron chi connectivity index (χ1n) is 6.24. The fraction of sp³-hybridized carbons (Fsp3) is 0.571. The molecule has 1 fully saturated rings. The van der Waals surface area contributed by atoms with Crippen molar-refractivity contribution in [2.75, 3.05) is 0 Å². The Balaban J connectivity index is 0.00000162. The highest BCUT2D eigenvalue weighted by Gasteiger charge is 2.30. The van der Waals surface area contributed by atoms with Crippen LogP contribution in [0.3, 0.4) is 0 Å². The minimum Gasteiger partial charge on any atom is -0.507 e. The number of aryl methyl sites for hydroxylation is 2. The van der Waals surface area contributed by atoms with Crippen LogP contribution >= 0.6 is 12.4 Å². The van der Waals surface area contributed by atoms with Crippen molar-refractivity contribution in [1.29, 1.82) is 0 Å². The number of phenolic OH excluding ortho intramolecular Hbond substituents is 1. The summed E-state index contributed by atoms with van der Waals surface area (Å²) < 4.78 is 0. The summed E-state index contributed by atoms with van der Waals surface area (Å²) in [6, 6.07) is 3.39.